The maximum atomic E-state index is 13.1. The number of halogens is 3. The van der Waals surface area contributed by atoms with Crippen LogP contribution in [0, 0.1) is 9.39 Å². The molecule has 3 aromatic rings. The molecular formula is C26H19ClFIN2O5S. The normalized spacial score (nSPS) is 14.3. The molecule has 1 aliphatic heterocycles. The fourth-order valence-corrected chi connectivity index (χ4v) is 5.21. The first-order valence-electron chi connectivity index (χ1n) is 10.9. The number of nitrogens with one attached hydrogen (secondary N) is 1. The van der Waals surface area contributed by atoms with Crippen LogP contribution in [0.5, 0.6) is 11.5 Å². The molecule has 37 heavy (non-hydrogen) atoms. The predicted molar refractivity (Wildman–Crippen MR) is 151 cm³/mol. The molecule has 0 saturated carbocycles. The highest BCUT2D eigenvalue weighted by molar-refractivity contribution is 14.1. The molecule has 0 unspecified atom stereocenters. The predicted octanol–water partition coefficient (Wildman–Crippen LogP) is 6.74. The fraction of sp³-hybridized carbons (Fsp3) is 0.115. The summed E-state index contributed by atoms with van der Waals surface area (Å²) in [5, 5.41) is 2.62. The summed E-state index contributed by atoms with van der Waals surface area (Å²) in [5.41, 5.74) is 1.45. The van der Waals surface area contributed by atoms with Crippen molar-refractivity contribution in [3.63, 3.8) is 0 Å². The fourth-order valence-electron chi connectivity index (χ4n) is 3.40. The van der Waals surface area contributed by atoms with Crippen LogP contribution in [0.2, 0.25) is 5.02 Å². The second-order valence-electron chi connectivity index (χ2n) is 7.60. The van der Waals surface area contributed by atoms with Gasteiger partial charge in [0.25, 0.3) is 17.1 Å². The lowest BCUT2D eigenvalue weighted by molar-refractivity contribution is -0.118. The molecule has 0 spiro atoms. The van der Waals surface area contributed by atoms with Gasteiger partial charge in [0, 0.05) is 10.7 Å². The number of amides is 3. The van der Waals surface area contributed by atoms with Crippen molar-refractivity contribution < 1.29 is 28.2 Å². The van der Waals surface area contributed by atoms with Gasteiger partial charge in [-0.1, -0.05) is 17.7 Å². The molecule has 4 rings (SSSR count). The Balaban J connectivity index is 1.52. The SMILES string of the molecule is CCOc1cc(/C=C2/SC(=O)N(c3cccc(Cl)c3)C2=O)cc(I)c1OCC(=O)Nc1ccc(F)cc1. The lowest BCUT2D eigenvalue weighted by Gasteiger charge is -2.15. The average molecular weight is 653 g/mol. The number of ether oxygens (including phenoxy) is 2. The van der Waals surface area contributed by atoms with Crippen LogP contribution in [0.1, 0.15) is 12.5 Å². The number of anilines is 2. The average Bonchev–Trinajstić information content (AvgIpc) is 3.12. The Labute approximate surface area is 235 Å². The van der Waals surface area contributed by atoms with Gasteiger partial charge in [-0.05, 0) is 108 Å². The number of nitrogens with zero attached hydrogens (tertiary/aromatic N) is 1. The highest BCUT2D eigenvalue weighted by atomic mass is 127. The minimum atomic E-state index is -0.456. The Bertz CT molecular complexity index is 1400. The summed E-state index contributed by atoms with van der Waals surface area (Å²) in [5.74, 6) is -0.545. The van der Waals surface area contributed by atoms with Crippen molar-refractivity contribution in [1.29, 1.82) is 0 Å². The Morgan fingerprint density at radius 1 is 1.14 bits per heavy atom. The Hall–Kier alpha value is -3.09. The van der Waals surface area contributed by atoms with Crippen LogP contribution >= 0.6 is 46.0 Å². The van der Waals surface area contributed by atoms with Crippen molar-refractivity contribution >= 4 is 80.5 Å². The van der Waals surface area contributed by atoms with E-state index in [-0.39, 0.29) is 11.5 Å². The van der Waals surface area contributed by atoms with Gasteiger partial charge in [-0.3, -0.25) is 14.4 Å². The number of hydrogen-bond acceptors (Lipinski definition) is 6. The van der Waals surface area contributed by atoms with Crippen molar-refractivity contribution in [3.8, 4) is 11.5 Å². The van der Waals surface area contributed by atoms with E-state index in [4.69, 9.17) is 21.1 Å². The topological polar surface area (TPSA) is 84.9 Å². The maximum absolute atomic E-state index is 13.1. The van der Waals surface area contributed by atoms with Crippen LogP contribution < -0.4 is 19.7 Å². The molecule has 0 aromatic heterocycles. The Morgan fingerprint density at radius 3 is 2.59 bits per heavy atom. The summed E-state index contributed by atoms with van der Waals surface area (Å²) in [6.45, 7) is 1.84. The summed E-state index contributed by atoms with van der Waals surface area (Å²) < 4.78 is 25.2. The molecule has 0 radical (unpaired) electrons. The minimum absolute atomic E-state index is 0.246. The summed E-state index contributed by atoms with van der Waals surface area (Å²) in [6, 6.07) is 15.3. The molecule has 11 heteroatoms. The van der Waals surface area contributed by atoms with Gasteiger partial charge >= 0.3 is 0 Å². The number of thioether (sulfide) groups is 1. The summed E-state index contributed by atoms with van der Waals surface area (Å²) in [7, 11) is 0. The highest BCUT2D eigenvalue weighted by Gasteiger charge is 2.36. The minimum Gasteiger partial charge on any atom is -0.490 e. The van der Waals surface area contributed by atoms with E-state index in [2.05, 4.69) is 5.32 Å². The van der Waals surface area contributed by atoms with E-state index in [0.717, 1.165) is 16.7 Å². The van der Waals surface area contributed by atoms with Crippen LogP contribution in [0.4, 0.5) is 20.6 Å². The van der Waals surface area contributed by atoms with Gasteiger partial charge in [0.15, 0.2) is 18.1 Å². The van der Waals surface area contributed by atoms with Gasteiger partial charge < -0.3 is 14.8 Å². The van der Waals surface area contributed by atoms with Gasteiger partial charge in [-0.25, -0.2) is 9.29 Å². The molecule has 3 amide bonds. The van der Waals surface area contributed by atoms with Gasteiger partial charge in [0.2, 0.25) is 0 Å². The molecule has 1 aliphatic rings. The Morgan fingerprint density at radius 2 is 1.89 bits per heavy atom. The van der Waals surface area contributed by atoms with Crippen LogP contribution in [0.25, 0.3) is 6.08 Å². The van der Waals surface area contributed by atoms with Crippen molar-refractivity contribution in [2.24, 2.45) is 0 Å². The van der Waals surface area contributed by atoms with Gasteiger partial charge in [-0.2, -0.15) is 0 Å². The van der Waals surface area contributed by atoms with Gasteiger partial charge in [-0.15, -0.1) is 0 Å². The molecule has 1 saturated heterocycles. The maximum Gasteiger partial charge on any atom is 0.298 e. The van der Waals surface area contributed by atoms with E-state index in [9.17, 15) is 18.8 Å². The smallest absolute Gasteiger partial charge is 0.298 e. The van der Waals surface area contributed by atoms with E-state index in [1.54, 1.807) is 49.4 Å². The molecule has 0 bridgehead atoms. The monoisotopic (exact) mass is 652 g/mol. The summed E-state index contributed by atoms with van der Waals surface area (Å²) in [4.78, 5) is 39.2. The lowest BCUT2D eigenvalue weighted by atomic mass is 10.1. The molecular weight excluding hydrogens is 634 g/mol. The molecule has 1 heterocycles. The first-order valence-corrected chi connectivity index (χ1v) is 13.2. The van der Waals surface area contributed by atoms with Crippen LogP contribution in [0.3, 0.4) is 0 Å². The quantitative estimate of drug-likeness (QED) is 0.214. The van der Waals surface area contributed by atoms with E-state index in [1.165, 1.54) is 24.3 Å². The molecule has 7 nitrogen and oxygen atoms in total. The summed E-state index contributed by atoms with van der Waals surface area (Å²) in [6.07, 6.45) is 1.60. The van der Waals surface area contributed by atoms with E-state index >= 15 is 0 Å². The largest absolute Gasteiger partial charge is 0.490 e. The third-order valence-electron chi connectivity index (χ3n) is 4.97. The molecule has 1 N–H and O–H groups in total. The number of hydrogen-bond donors (Lipinski definition) is 1. The van der Waals surface area contributed by atoms with Crippen LogP contribution in [-0.4, -0.2) is 30.3 Å². The van der Waals surface area contributed by atoms with Crippen molar-refractivity contribution in [2.45, 2.75) is 6.92 Å². The first-order chi connectivity index (χ1) is 17.7. The van der Waals surface area contributed by atoms with Crippen LogP contribution in [-0.2, 0) is 9.59 Å². The summed E-state index contributed by atoms with van der Waals surface area (Å²) >= 11 is 8.89. The highest BCUT2D eigenvalue weighted by Crippen LogP contribution is 2.39. The second kappa shape index (κ2) is 12.0. The third kappa shape index (κ3) is 6.62. The first kappa shape index (κ1) is 27.0. The van der Waals surface area contributed by atoms with E-state index < -0.39 is 22.9 Å². The van der Waals surface area contributed by atoms with E-state index in [1.807, 2.05) is 22.6 Å². The van der Waals surface area contributed by atoms with Crippen molar-refractivity contribution in [2.75, 3.05) is 23.4 Å². The molecule has 3 aromatic carbocycles. The number of rotatable bonds is 8. The van der Waals surface area contributed by atoms with E-state index in [0.29, 0.717) is 43.6 Å². The third-order valence-corrected chi connectivity index (χ3v) is 6.87. The molecule has 0 aliphatic carbocycles. The zero-order valence-electron chi connectivity index (χ0n) is 19.3. The van der Waals surface area contributed by atoms with Crippen LogP contribution in [0.15, 0.2) is 65.6 Å². The number of carbonyl (C=O) groups excluding carboxylic acids is 3. The van der Waals surface area contributed by atoms with Crippen molar-refractivity contribution in [3.05, 3.63) is 85.5 Å². The lowest BCUT2D eigenvalue weighted by Crippen LogP contribution is -2.27. The molecule has 190 valence electrons. The second-order valence-corrected chi connectivity index (χ2v) is 10.2. The van der Waals surface area contributed by atoms with Crippen molar-refractivity contribution in [1.82, 2.24) is 0 Å². The zero-order chi connectivity index (χ0) is 26.5. The number of benzene rings is 3. The number of imide groups is 1. The van der Waals surface area contributed by atoms with Gasteiger partial charge in [0.1, 0.15) is 5.82 Å². The zero-order valence-corrected chi connectivity index (χ0v) is 23.0. The Kier molecular flexibility index (Phi) is 8.72. The molecule has 0 atom stereocenters. The number of carbonyl (C=O) groups is 3. The molecule has 1 fully saturated rings. The van der Waals surface area contributed by atoms with Gasteiger partial charge in [0.05, 0.1) is 20.8 Å². The standard InChI is InChI=1S/C26H19ClFIN2O5S/c1-2-35-21-11-15(12-22-25(33)31(26(34)37-22)19-5-3-4-16(27)13-19)10-20(29)24(21)36-14-23(32)30-18-8-6-17(28)7-9-18/h3-13H,2,14H2,1H3,(H,30,32)/b22-12+.